The van der Waals surface area contributed by atoms with E-state index in [1.54, 1.807) is 0 Å². The lowest BCUT2D eigenvalue weighted by Crippen LogP contribution is -2.53. The number of rotatable bonds is 1. The Morgan fingerprint density at radius 3 is 2.58 bits per heavy atom. The van der Waals surface area contributed by atoms with E-state index in [1.807, 2.05) is 0 Å². The van der Waals surface area contributed by atoms with Crippen molar-refractivity contribution in [1.82, 2.24) is 10.2 Å². The molecule has 2 atom stereocenters. The van der Waals surface area contributed by atoms with Crippen LogP contribution >= 0.6 is 0 Å². The second kappa shape index (κ2) is 4.64. The molecule has 2 unspecified atom stereocenters. The van der Waals surface area contributed by atoms with E-state index in [0.717, 1.165) is 25.9 Å². The molecule has 3 rings (SSSR count). The fourth-order valence-electron chi connectivity index (χ4n) is 3.72. The summed E-state index contributed by atoms with van der Waals surface area (Å²) in [5.74, 6) is 0.267. The van der Waals surface area contributed by atoms with Crippen LogP contribution in [0.25, 0.3) is 0 Å². The Balaban J connectivity index is 1.96. The Labute approximate surface area is 115 Å². The van der Waals surface area contributed by atoms with Crippen LogP contribution < -0.4 is 5.32 Å². The van der Waals surface area contributed by atoms with Crippen molar-refractivity contribution in [2.45, 2.75) is 45.7 Å². The number of fused-ring (bicyclic) bond motifs is 1. The molecule has 3 nitrogen and oxygen atoms in total. The van der Waals surface area contributed by atoms with Crippen LogP contribution in [-0.4, -0.2) is 29.9 Å². The van der Waals surface area contributed by atoms with Crippen LogP contribution in [-0.2, 0) is 4.79 Å². The maximum absolute atomic E-state index is 12.7. The molecular formula is C16H22N2O. The summed E-state index contributed by atoms with van der Waals surface area (Å²) >= 11 is 0. The van der Waals surface area contributed by atoms with Crippen LogP contribution in [0.2, 0.25) is 0 Å². The Hall–Kier alpha value is -1.35. The number of carbonyl (C=O) groups is 1. The number of hydrogen-bond acceptors (Lipinski definition) is 2. The maximum Gasteiger partial charge on any atom is 0.244 e. The van der Waals surface area contributed by atoms with Crippen LogP contribution in [0.4, 0.5) is 0 Å². The van der Waals surface area contributed by atoms with E-state index in [0.29, 0.717) is 6.04 Å². The highest BCUT2D eigenvalue weighted by molar-refractivity contribution is 5.85. The average Bonchev–Trinajstić information content (AvgIpc) is 2.79. The summed E-state index contributed by atoms with van der Waals surface area (Å²) in [5, 5.41) is 3.47. The van der Waals surface area contributed by atoms with Crippen molar-refractivity contribution < 1.29 is 4.79 Å². The summed E-state index contributed by atoms with van der Waals surface area (Å²) in [4.78, 5) is 14.7. The van der Waals surface area contributed by atoms with Crippen LogP contribution in [0.3, 0.4) is 0 Å². The van der Waals surface area contributed by atoms with E-state index in [9.17, 15) is 4.79 Å². The maximum atomic E-state index is 12.7. The number of aryl methyl sites for hydroxylation is 3. The third-order valence-electron chi connectivity index (χ3n) is 4.49. The molecule has 2 saturated heterocycles. The second-order valence-corrected chi connectivity index (χ2v) is 5.98. The molecule has 2 fully saturated rings. The molecule has 102 valence electrons. The van der Waals surface area contributed by atoms with Gasteiger partial charge in [-0.1, -0.05) is 17.7 Å². The zero-order chi connectivity index (χ0) is 13.6. The Bertz CT molecular complexity index is 500. The lowest BCUT2D eigenvalue weighted by Gasteiger charge is -2.36. The number of hydrogen-bond donors (Lipinski definition) is 1. The highest BCUT2D eigenvalue weighted by atomic mass is 16.2. The zero-order valence-electron chi connectivity index (χ0n) is 12.0. The minimum atomic E-state index is -0.144. The minimum Gasteiger partial charge on any atom is -0.337 e. The fraction of sp³-hybridized carbons (Fsp3) is 0.562. The van der Waals surface area contributed by atoms with Crippen molar-refractivity contribution in [3.05, 3.63) is 34.4 Å². The predicted molar refractivity (Wildman–Crippen MR) is 76.1 cm³/mol. The molecule has 2 aliphatic heterocycles. The number of piperazine rings is 1. The molecule has 1 aromatic carbocycles. The van der Waals surface area contributed by atoms with Crippen molar-refractivity contribution in [3.63, 3.8) is 0 Å². The summed E-state index contributed by atoms with van der Waals surface area (Å²) in [6, 6.07) is 4.63. The Morgan fingerprint density at radius 2 is 1.89 bits per heavy atom. The lowest BCUT2D eigenvalue weighted by atomic mass is 9.91. The van der Waals surface area contributed by atoms with Gasteiger partial charge in [-0.2, -0.15) is 0 Å². The topological polar surface area (TPSA) is 32.3 Å². The number of amides is 1. The predicted octanol–water partition coefficient (Wildman–Crippen LogP) is 2.25. The van der Waals surface area contributed by atoms with Crippen molar-refractivity contribution >= 4 is 5.91 Å². The molecule has 0 radical (unpaired) electrons. The van der Waals surface area contributed by atoms with Crippen molar-refractivity contribution in [1.29, 1.82) is 0 Å². The molecule has 2 aliphatic rings. The van der Waals surface area contributed by atoms with Gasteiger partial charge in [0.15, 0.2) is 0 Å². The van der Waals surface area contributed by atoms with E-state index < -0.39 is 0 Å². The molecule has 0 saturated carbocycles. The van der Waals surface area contributed by atoms with Gasteiger partial charge in [0.25, 0.3) is 0 Å². The normalized spacial score (nSPS) is 26.7. The first-order valence-corrected chi connectivity index (χ1v) is 7.19. The van der Waals surface area contributed by atoms with E-state index in [2.05, 4.69) is 43.1 Å². The SMILES string of the molecule is Cc1cc(C)c(C2NCC3CCCN3C2=O)c(C)c1. The van der Waals surface area contributed by atoms with E-state index in [1.165, 1.54) is 22.3 Å². The van der Waals surface area contributed by atoms with Crippen molar-refractivity contribution in [2.75, 3.05) is 13.1 Å². The van der Waals surface area contributed by atoms with E-state index >= 15 is 0 Å². The van der Waals surface area contributed by atoms with Gasteiger partial charge in [0.2, 0.25) is 5.91 Å². The van der Waals surface area contributed by atoms with Gasteiger partial charge in [0.1, 0.15) is 6.04 Å². The monoisotopic (exact) mass is 258 g/mol. The Kier molecular flexibility index (Phi) is 3.09. The van der Waals surface area contributed by atoms with Crippen molar-refractivity contribution in [2.24, 2.45) is 0 Å². The van der Waals surface area contributed by atoms with Gasteiger partial charge in [-0.05, 0) is 50.3 Å². The van der Waals surface area contributed by atoms with Gasteiger partial charge in [0.05, 0.1) is 0 Å². The van der Waals surface area contributed by atoms with E-state index in [-0.39, 0.29) is 11.9 Å². The zero-order valence-corrected chi connectivity index (χ0v) is 12.0. The molecule has 0 aliphatic carbocycles. The summed E-state index contributed by atoms with van der Waals surface area (Å²) in [6.07, 6.45) is 2.30. The molecule has 1 aromatic rings. The quantitative estimate of drug-likeness (QED) is 0.838. The third kappa shape index (κ3) is 2.06. The molecule has 19 heavy (non-hydrogen) atoms. The summed E-state index contributed by atoms with van der Waals surface area (Å²) in [5.41, 5.74) is 4.89. The van der Waals surface area contributed by atoms with Crippen molar-refractivity contribution in [3.8, 4) is 0 Å². The number of nitrogens with zero attached hydrogens (tertiary/aromatic N) is 1. The smallest absolute Gasteiger partial charge is 0.244 e. The molecule has 1 N–H and O–H groups in total. The van der Waals surface area contributed by atoms with Gasteiger partial charge >= 0.3 is 0 Å². The number of carbonyl (C=O) groups excluding carboxylic acids is 1. The summed E-state index contributed by atoms with van der Waals surface area (Å²) < 4.78 is 0. The Morgan fingerprint density at radius 1 is 1.21 bits per heavy atom. The van der Waals surface area contributed by atoms with Gasteiger partial charge in [0, 0.05) is 19.1 Å². The highest BCUT2D eigenvalue weighted by Crippen LogP contribution is 2.31. The fourth-order valence-corrected chi connectivity index (χ4v) is 3.72. The molecule has 0 bridgehead atoms. The van der Waals surface area contributed by atoms with Gasteiger partial charge in [-0.15, -0.1) is 0 Å². The lowest BCUT2D eigenvalue weighted by molar-refractivity contribution is -0.137. The average molecular weight is 258 g/mol. The largest absolute Gasteiger partial charge is 0.337 e. The molecule has 1 amide bonds. The highest BCUT2D eigenvalue weighted by Gasteiger charge is 2.39. The second-order valence-electron chi connectivity index (χ2n) is 5.98. The van der Waals surface area contributed by atoms with Crippen LogP contribution in [0.1, 0.15) is 41.1 Å². The first-order valence-electron chi connectivity index (χ1n) is 7.19. The summed E-state index contributed by atoms with van der Waals surface area (Å²) in [6.45, 7) is 8.20. The van der Waals surface area contributed by atoms with Crippen LogP contribution in [0, 0.1) is 20.8 Å². The molecule has 0 aromatic heterocycles. The molecule has 3 heteroatoms. The molecule has 2 heterocycles. The minimum absolute atomic E-state index is 0.144. The first-order chi connectivity index (χ1) is 9.08. The van der Waals surface area contributed by atoms with Gasteiger partial charge in [-0.3, -0.25) is 4.79 Å². The summed E-state index contributed by atoms with van der Waals surface area (Å²) in [7, 11) is 0. The van der Waals surface area contributed by atoms with Gasteiger partial charge in [-0.25, -0.2) is 0 Å². The van der Waals surface area contributed by atoms with Crippen LogP contribution in [0.5, 0.6) is 0 Å². The molecule has 0 spiro atoms. The van der Waals surface area contributed by atoms with Gasteiger partial charge < -0.3 is 10.2 Å². The number of nitrogens with one attached hydrogen (secondary N) is 1. The standard InChI is InChI=1S/C16H22N2O/c1-10-7-11(2)14(12(3)8-10)15-16(19)18-6-4-5-13(18)9-17-15/h7-8,13,15,17H,4-6,9H2,1-3H3. The van der Waals surface area contributed by atoms with Crippen LogP contribution in [0.15, 0.2) is 12.1 Å². The third-order valence-corrected chi connectivity index (χ3v) is 4.49. The molecular weight excluding hydrogens is 236 g/mol. The first kappa shape index (κ1) is 12.7. The number of benzene rings is 1. The van der Waals surface area contributed by atoms with E-state index in [4.69, 9.17) is 0 Å².